The molecule has 0 aliphatic carbocycles. The molecule has 0 spiro atoms. The molecule has 0 bridgehead atoms. The van der Waals surface area contributed by atoms with Crippen LogP contribution in [0.4, 0.5) is 0 Å². The zero-order chi connectivity index (χ0) is 16.6. The third-order valence-electron chi connectivity index (χ3n) is 3.57. The molecule has 2 aromatic heterocycles. The first-order valence-electron chi connectivity index (χ1n) is 6.82. The second-order valence-corrected chi connectivity index (χ2v) is 6.86. The lowest BCUT2D eigenvalue weighted by Gasteiger charge is -2.05. The van der Waals surface area contributed by atoms with E-state index in [1.54, 1.807) is 12.3 Å². The number of aromatic amines is 1. The van der Waals surface area contributed by atoms with Gasteiger partial charge in [0, 0.05) is 22.7 Å². The van der Waals surface area contributed by atoms with Crippen LogP contribution in [-0.4, -0.2) is 16.6 Å². The molecular weight excluding hydrogens is 332 g/mol. The van der Waals surface area contributed by atoms with Crippen molar-refractivity contribution in [1.82, 2.24) is 4.98 Å². The van der Waals surface area contributed by atoms with Crippen molar-refractivity contribution in [2.24, 2.45) is 5.92 Å². The Morgan fingerprint density at radius 1 is 1.26 bits per heavy atom. The second-order valence-electron chi connectivity index (χ2n) is 5.15. The molecule has 1 N–H and O–H groups in total. The van der Waals surface area contributed by atoms with Gasteiger partial charge in [-0.3, -0.25) is 9.59 Å². The molecule has 3 aromatic rings. The quantitative estimate of drug-likeness (QED) is 0.564. The first-order valence-corrected chi connectivity index (χ1v) is 8.02. The summed E-state index contributed by atoms with van der Waals surface area (Å²) >= 11 is 6.88. The molecule has 2 heterocycles. The Balaban J connectivity index is 1.99. The van der Waals surface area contributed by atoms with Crippen molar-refractivity contribution in [1.29, 1.82) is 5.26 Å². The van der Waals surface area contributed by atoms with Crippen LogP contribution >= 0.6 is 22.9 Å². The molecule has 1 atom stereocenters. The first kappa shape index (κ1) is 15.5. The molecule has 0 aliphatic heterocycles. The van der Waals surface area contributed by atoms with Crippen LogP contribution in [0.5, 0.6) is 0 Å². The maximum Gasteiger partial charge on any atom is 0.197 e. The van der Waals surface area contributed by atoms with Crippen molar-refractivity contribution in [3.8, 4) is 6.07 Å². The summed E-state index contributed by atoms with van der Waals surface area (Å²) in [5, 5.41) is 10.0. The molecule has 1 aromatic carbocycles. The van der Waals surface area contributed by atoms with Gasteiger partial charge in [0.1, 0.15) is 0 Å². The Morgan fingerprint density at radius 2 is 2.04 bits per heavy atom. The van der Waals surface area contributed by atoms with Gasteiger partial charge >= 0.3 is 0 Å². The summed E-state index contributed by atoms with van der Waals surface area (Å²) in [6.45, 7) is 1.95. The smallest absolute Gasteiger partial charge is 0.197 e. The van der Waals surface area contributed by atoms with E-state index in [1.165, 1.54) is 6.07 Å². The van der Waals surface area contributed by atoms with E-state index in [-0.39, 0.29) is 0 Å². The summed E-state index contributed by atoms with van der Waals surface area (Å²) in [5.41, 5.74) is 2.21. The van der Waals surface area contributed by atoms with Crippen LogP contribution < -0.4 is 0 Å². The van der Waals surface area contributed by atoms with Crippen molar-refractivity contribution in [3.63, 3.8) is 0 Å². The second kappa shape index (κ2) is 5.99. The predicted molar refractivity (Wildman–Crippen MR) is 90.1 cm³/mol. The Kier molecular flexibility index (Phi) is 4.03. The highest BCUT2D eigenvalue weighted by Gasteiger charge is 2.30. The molecule has 0 saturated carbocycles. The Hall–Kier alpha value is -2.42. The number of hydrogen-bond acceptors (Lipinski definition) is 4. The van der Waals surface area contributed by atoms with E-state index in [0.717, 1.165) is 22.4 Å². The highest BCUT2D eigenvalue weighted by molar-refractivity contribution is 7.18. The lowest BCUT2D eigenvalue weighted by molar-refractivity contribution is 0.0849. The SMILES string of the molecule is Cc1ccc2c(C(=O)[C@H](C#N)C(=O)c3ccc(Cl)s3)c[nH]c2c1. The third kappa shape index (κ3) is 2.79. The van der Waals surface area contributed by atoms with Gasteiger partial charge in [-0.2, -0.15) is 5.26 Å². The number of rotatable bonds is 4. The third-order valence-corrected chi connectivity index (χ3v) is 4.82. The number of aryl methyl sites for hydroxylation is 1. The van der Waals surface area contributed by atoms with Crippen molar-refractivity contribution in [3.05, 3.63) is 56.9 Å². The average molecular weight is 343 g/mol. The molecule has 6 heteroatoms. The number of nitrogens with one attached hydrogen (secondary N) is 1. The number of hydrogen-bond donors (Lipinski definition) is 1. The summed E-state index contributed by atoms with van der Waals surface area (Å²) in [6.07, 6.45) is 1.55. The number of aromatic nitrogens is 1. The summed E-state index contributed by atoms with van der Waals surface area (Å²) < 4.78 is 0.444. The van der Waals surface area contributed by atoms with Gasteiger partial charge in [0.25, 0.3) is 0 Å². The number of halogens is 1. The summed E-state index contributed by atoms with van der Waals surface area (Å²) in [4.78, 5) is 28.4. The number of nitriles is 1. The van der Waals surface area contributed by atoms with Crippen molar-refractivity contribution >= 4 is 45.4 Å². The molecule has 4 nitrogen and oxygen atoms in total. The van der Waals surface area contributed by atoms with E-state index in [0.29, 0.717) is 20.2 Å². The summed E-state index contributed by atoms with van der Waals surface area (Å²) in [5.74, 6) is -2.39. The van der Waals surface area contributed by atoms with Gasteiger partial charge in [-0.25, -0.2) is 0 Å². The van der Waals surface area contributed by atoms with Gasteiger partial charge in [0.15, 0.2) is 17.5 Å². The Labute approximate surface area is 141 Å². The molecule has 3 rings (SSSR count). The fourth-order valence-corrected chi connectivity index (χ4v) is 3.44. The summed E-state index contributed by atoms with van der Waals surface area (Å²) in [7, 11) is 0. The number of fused-ring (bicyclic) bond motifs is 1. The predicted octanol–water partition coefficient (Wildman–Crippen LogP) is 4.40. The molecule has 0 amide bonds. The van der Waals surface area contributed by atoms with Gasteiger partial charge in [0.05, 0.1) is 15.3 Å². The van der Waals surface area contributed by atoms with Crippen molar-refractivity contribution in [2.75, 3.05) is 0 Å². The van der Waals surface area contributed by atoms with Crippen LogP contribution in [0, 0.1) is 24.2 Å². The van der Waals surface area contributed by atoms with Gasteiger partial charge < -0.3 is 4.98 Å². The van der Waals surface area contributed by atoms with E-state index in [1.807, 2.05) is 31.2 Å². The molecule has 0 saturated heterocycles. The average Bonchev–Trinajstić information content (AvgIpc) is 3.13. The molecule has 0 unspecified atom stereocenters. The van der Waals surface area contributed by atoms with Crippen LogP contribution in [0.3, 0.4) is 0 Å². The number of thiophene rings is 1. The van der Waals surface area contributed by atoms with E-state index >= 15 is 0 Å². The van der Waals surface area contributed by atoms with Gasteiger partial charge in [-0.15, -0.1) is 11.3 Å². The van der Waals surface area contributed by atoms with Gasteiger partial charge in [-0.05, 0) is 30.7 Å². The fraction of sp³-hybridized carbons (Fsp3) is 0.118. The zero-order valence-corrected chi connectivity index (χ0v) is 13.7. The van der Waals surface area contributed by atoms with Crippen LogP contribution in [0.1, 0.15) is 25.6 Å². The van der Waals surface area contributed by atoms with Crippen LogP contribution in [0.15, 0.2) is 36.5 Å². The van der Waals surface area contributed by atoms with Crippen molar-refractivity contribution in [2.45, 2.75) is 6.92 Å². The lowest BCUT2D eigenvalue weighted by Crippen LogP contribution is -2.22. The maximum atomic E-state index is 12.7. The number of H-pyrrole nitrogens is 1. The normalized spacial score (nSPS) is 12.0. The number of carbonyl (C=O) groups is 2. The van der Waals surface area contributed by atoms with Crippen LogP contribution in [-0.2, 0) is 0 Å². The van der Waals surface area contributed by atoms with E-state index < -0.39 is 17.5 Å². The van der Waals surface area contributed by atoms with E-state index in [9.17, 15) is 14.9 Å². The Morgan fingerprint density at radius 3 is 2.70 bits per heavy atom. The molecule has 23 heavy (non-hydrogen) atoms. The number of ketones is 2. The minimum absolute atomic E-state index is 0.311. The maximum absolute atomic E-state index is 12.7. The standard InChI is InChI=1S/C17H11ClN2O2S/c1-9-2-3-10-12(8-20-13(10)6-9)16(21)11(7-19)17(22)14-4-5-15(18)23-14/h2-6,8,11,20H,1H3/t11-/m0/s1. The molecule has 0 fully saturated rings. The van der Waals surface area contributed by atoms with Gasteiger partial charge in [-0.1, -0.05) is 23.7 Å². The van der Waals surface area contributed by atoms with Crippen molar-refractivity contribution < 1.29 is 9.59 Å². The minimum atomic E-state index is -1.37. The van der Waals surface area contributed by atoms with Gasteiger partial charge in [0.2, 0.25) is 0 Å². The number of carbonyl (C=O) groups excluding carboxylic acids is 2. The first-order chi connectivity index (χ1) is 11.0. The number of nitrogens with zero attached hydrogens (tertiary/aromatic N) is 1. The molecule has 0 aliphatic rings. The largest absolute Gasteiger partial charge is 0.360 e. The van der Waals surface area contributed by atoms with Crippen LogP contribution in [0.2, 0.25) is 4.34 Å². The topological polar surface area (TPSA) is 73.7 Å². The zero-order valence-electron chi connectivity index (χ0n) is 12.1. The fourth-order valence-electron chi connectivity index (χ4n) is 2.42. The minimum Gasteiger partial charge on any atom is -0.360 e. The molecule has 0 radical (unpaired) electrons. The Bertz CT molecular complexity index is 965. The monoisotopic (exact) mass is 342 g/mol. The highest BCUT2D eigenvalue weighted by Crippen LogP contribution is 2.27. The highest BCUT2D eigenvalue weighted by atomic mass is 35.5. The lowest BCUT2D eigenvalue weighted by atomic mass is 9.93. The van der Waals surface area contributed by atoms with E-state index in [4.69, 9.17) is 11.6 Å². The van der Waals surface area contributed by atoms with Crippen LogP contribution in [0.25, 0.3) is 10.9 Å². The summed E-state index contributed by atoms with van der Waals surface area (Å²) in [6, 6.07) is 10.5. The number of Topliss-reactive ketones (excluding diaryl/α,β-unsaturated/α-hetero) is 2. The van der Waals surface area contributed by atoms with E-state index in [2.05, 4.69) is 4.98 Å². The molecule has 114 valence electrons. The molecular formula is C17H11ClN2O2S. The number of benzene rings is 1.